The number of rotatable bonds is 22. The fourth-order valence-corrected chi connectivity index (χ4v) is 11.6. The fraction of sp³-hybridized carbons (Fsp3) is 0.536. The number of nitrogens with one attached hydrogen (secondary N) is 6. The van der Waals surface area contributed by atoms with Crippen LogP contribution in [-0.2, 0) is 61.7 Å². The molecule has 0 spiro atoms. The van der Waals surface area contributed by atoms with Crippen LogP contribution >= 0.6 is 0 Å². The number of carbonyl (C=O) groups is 8. The second-order valence-electron chi connectivity index (χ2n) is 22.8. The highest BCUT2D eigenvalue weighted by atomic mass is 32.2. The van der Waals surface area contributed by atoms with Crippen LogP contribution in [0.1, 0.15) is 100 Å². The number of likely N-dealkylation sites (tertiary alicyclic amines) is 2. The first-order chi connectivity index (χ1) is 37.3. The van der Waals surface area contributed by atoms with E-state index in [0.717, 1.165) is 27.9 Å². The maximum atomic E-state index is 14.7. The number of benzene rings is 3. The second kappa shape index (κ2) is 26.7. The van der Waals surface area contributed by atoms with Crippen LogP contribution in [0.4, 0.5) is 0 Å². The van der Waals surface area contributed by atoms with Crippen molar-refractivity contribution in [3.05, 3.63) is 107 Å². The van der Waals surface area contributed by atoms with Gasteiger partial charge in [0.2, 0.25) is 49.6 Å². The van der Waals surface area contributed by atoms with Gasteiger partial charge in [-0.1, -0.05) is 102 Å². The van der Waals surface area contributed by atoms with E-state index in [9.17, 15) is 55.2 Å². The van der Waals surface area contributed by atoms with Crippen molar-refractivity contribution >= 4 is 67.3 Å². The van der Waals surface area contributed by atoms with Crippen molar-refractivity contribution in [3.8, 4) is 0 Å². The zero-order valence-corrected chi connectivity index (χ0v) is 49.5. The summed E-state index contributed by atoms with van der Waals surface area (Å²) in [5.41, 5.74) is -0.258. The molecule has 0 bridgehead atoms. The van der Waals surface area contributed by atoms with E-state index < -0.39 is 133 Å². The average Bonchev–Trinajstić information content (AvgIpc) is 4.03. The number of likely N-dealkylation sites (N-methyl/N-ethyl adjacent to an activating group) is 2. The predicted octanol–water partition coefficient (Wildman–Crippen LogP) is 1.42. The van der Waals surface area contributed by atoms with Gasteiger partial charge in [0.05, 0.1) is 30.6 Å². The highest BCUT2D eigenvalue weighted by Crippen LogP contribution is 2.32. The molecule has 2 aliphatic rings. The molecular formula is C56H80N10O12S2. The van der Waals surface area contributed by atoms with Crippen LogP contribution < -0.4 is 31.9 Å². The van der Waals surface area contributed by atoms with Crippen molar-refractivity contribution in [3.63, 3.8) is 0 Å². The van der Waals surface area contributed by atoms with Crippen molar-refractivity contribution in [1.82, 2.24) is 50.3 Å². The quantitative estimate of drug-likeness (QED) is 0.0831. The Morgan fingerprint density at radius 1 is 0.613 bits per heavy atom. The topological polar surface area (TPSA) is 290 Å². The van der Waals surface area contributed by atoms with E-state index in [2.05, 4.69) is 31.9 Å². The molecule has 3 aromatic carbocycles. The Labute approximate surface area is 471 Å². The molecule has 22 nitrogen and oxygen atoms in total. The minimum atomic E-state index is -4.43. The van der Waals surface area contributed by atoms with Gasteiger partial charge in [0.25, 0.3) is 17.7 Å². The van der Waals surface area contributed by atoms with Crippen LogP contribution in [-0.4, -0.2) is 184 Å². The Balaban J connectivity index is 1.42. The standard InChI is InChI=1S/C56H80N10O12S2/c1-35(57-9)47(67)61-45(55(3,4)5)53(73)63-33-41(31-44(63)52(72)65(79(11,75)76)30-28-38-21-17-14-18-22-38)60-49(69)39-23-25-40(26-24-39)51(71)66(80(12,77)78)42-32-43(50(70)59-29-27-37-19-15-13-16-20-37)64(34-42)54(74)46(56(6,7)8)62-48(68)36(2)58-10/h13-26,35-36,41-46,57-58H,27-34H2,1-12H3,(H,59,70)(H,60,69)(H,61,67)(H,62,68)/t35-,36-,41-,42-,43-,44-,45+,46+/m0/s1. The van der Waals surface area contributed by atoms with E-state index in [-0.39, 0.29) is 50.0 Å². The van der Waals surface area contributed by atoms with Gasteiger partial charge < -0.3 is 41.7 Å². The van der Waals surface area contributed by atoms with Gasteiger partial charge in [0.1, 0.15) is 24.2 Å². The molecule has 2 heterocycles. The summed E-state index contributed by atoms with van der Waals surface area (Å²) in [4.78, 5) is 115. The Morgan fingerprint density at radius 2 is 1.07 bits per heavy atom. The van der Waals surface area contributed by atoms with Gasteiger partial charge in [0.15, 0.2) is 0 Å². The van der Waals surface area contributed by atoms with Crippen molar-refractivity contribution in [2.24, 2.45) is 10.8 Å². The zero-order valence-electron chi connectivity index (χ0n) is 47.9. The minimum Gasteiger partial charge on any atom is -0.354 e. The van der Waals surface area contributed by atoms with Crippen LogP contribution in [0.2, 0.25) is 0 Å². The van der Waals surface area contributed by atoms with E-state index in [4.69, 9.17) is 0 Å². The first-order valence-corrected chi connectivity index (χ1v) is 30.4. The maximum Gasteiger partial charge on any atom is 0.267 e. The lowest BCUT2D eigenvalue weighted by Gasteiger charge is -2.36. The van der Waals surface area contributed by atoms with Crippen LogP contribution in [0.5, 0.6) is 0 Å². The van der Waals surface area contributed by atoms with E-state index in [0.29, 0.717) is 10.7 Å². The van der Waals surface area contributed by atoms with E-state index in [1.807, 2.05) is 30.3 Å². The summed E-state index contributed by atoms with van der Waals surface area (Å²) in [7, 11) is -5.47. The van der Waals surface area contributed by atoms with Crippen molar-refractivity contribution in [2.45, 2.75) is 129 Å². The molecular weight excluding hydrogens is 1070 g/mol. The molecule has 24 heteroatoms. The van der Waals surface area contributed by atoms with Crippen molar-refractivity contribution in [1.29, 1.82) is 0 Å². The summed E-state index contributed by atoms with van der Waals surface area (Å²) >= 11 is 0. The highest BCUT2D eigenvalue weighted by molar-refractivity contribution is 7.89. The van der Waals surface area contributed by atoms with Gasteiger partial charge in [0, 0.05) is 49.8 Å². The smallest absolute Gasteiger partial charge is 0.267 e. The molecule has 0 aliphatic carbocycles. The van der Waals surface area contributed by atoms with Gasteiger partial charge in [-0.05, 0) is 93.4 Å². The summed E-state index contributed by atoms with van der Waals surface area (Å²) < 4.78 is 55.4. The Morgan fingerprint density at radius 3 is 1.52 bits per heavy atom. The Bertz CT molecular complexity index is 2950. The summed E-state index contributed by atoms with van der Waals surface area (Å²) in [6.45, 7) is 12.9. The van der Waals surface area contributed by atoms with Crippen molar-refractivity contribution < 1.29 is 55.2 Å². The zero-order chi connectivity index (χ0) is 59.7. The molecule has 0 aromatic heterocycles. The molecule has 80 heavy (non-hydrogen) atoms. The van der Waals surface area contributed by atoms with Crippen LogP contribution in [0, 0.1) is 10.8 Å². The molecule has 2 aliphatic heterocycles. The predicted molar refractivity (Wildman–Crippen MR) is 302 cm³/mol. The molecule has 2 fully saturated rings. The molecule has 3 aromatic rings. The van der Waals surface area contributed by atoms with E-state index in [1.165, 1.54) is 34.1 Å². The molecule has 2 saturated heterocycles. The van der Waals surface area contributed by atoms with Crippen LogP contribution in [0.25, 0.3) is 0 Å². The van der Waals surface area contributed by atoms with Gasteiger partial charge in [-0.15, -0.1) is 0 Å². The lowest BCUT2D eigenvalue weighted by Crippen LogP contribution is -2.60. The molecule has 438 valence electrons. The number of hydrogen-bond donors (Lipinski definition) is 6. The molecule has 0 radical (unpaired) electrons. The highest BCUT2D eigenvalue weighted by Gasteiger charge is 2.50. The van der Waals surface area contributed by atoms with Crippen LogP contribution in [0.3, 0.4) is 0 Å². The Hall–Kier alpha value is -6.76. The summed E-state index contributed by atoms with van der Waals surface area (Å²) in [5.74, 6) is -5.52. The van der Waals surface area contributed by atoms with Crippen molar-refractivity contribution in [2.75, 3.05) is 52.8 Å². The number of carbonyl (C=O) groups excluding carboxylic acids is 8. The number of sulfonamides is 2. The van der Waals surface area contributed by atoms with Gasteiger partial charge in [-0.2, -0.15) is 0 Å². The van der Waals surface area contributed by atoms with Crippen LogP contribution in [0.15, 0.2) is 84.9 Å². The fourth-order valence-electron chi connectivity index (χ4n) is 9.64. The average molecular weight is 1150 g/mol. The summed E-state index contributed by atoms with van der Waals surface area (Å²) in [5, 5.41) is 17.0. The van der Waals surface area contributed by atoms with E-state index in [1.54, 1.807) is 99.8 Å². The molecule has 0 saturated carbocycles. The molecule has 8 atom stereocenters. The first kappa shape index (κ1) is 64.1. The number of nitrogens with zero attached hydrogens (tertiary/aromatic N) is 4. The first-order valence-electron chi connectivity index (χ1n) is 26.7. The molecule has 5 rings (SSSR count). The third-order valence-corrected chi connectivity index (χ3v) is 16.8. The second-order valence-corrected chi connectivity index (χ2v) is 26.6. The van der Waals surface area contributed by atoms with Gasteiger partial charge in [-0.25, -0.2) is 25.4 Å². The molecule has 6 N–H and O–H groups in total. The molecule has 8 amide bonds. The monoisotopic (exact) mass is 1150 g/mol. The number of amides is 8. The summed E-state index contributed by atoms with van der Waals surface area (Å²) in [6.07, 6.45) is 1.86. The normalized spacial score (nSPS) is 19.2. The van der Waals surface area contributed by atoms with E-state index >= 15 is 0 Å². The van der Waals surface area contributed by atoms with Gasteiger partial charge >= 0.3 is 0 Å². The third kappa shape index (κ3) is 16.4. The molecule has 0 unspecified atom stereocenters. The number of hydrogen-bond acceptors (Lipinski definition) is 14. The summed E-state index contributed by atoms with van der Waals surface area (Å²) in [6, 6.07) is 14.8. The minimum absolute atomic E-state index is 0.00523. The maximum absolute atomic E-state index is 14.7. The Kier molecular flexibility index (Phi) is 21.4. The largest absolute Gasteiger partial charge is 0.354 e. The lowest BCUT2D eigenvalue weighted by atomic mass is 9.85. The SMILES string of the molecule is CN[C@@H](C)C(=O)N[C@H](C(=O)N1C[C@@H](N(C(=O)c2ccc(C(=O)N[C@H]3C[C@@H](C(=O)N(CCc4ccccc4)S(C)(=O)=O)N(C(=O)[C@@H](NC(=O)[C@H](C)NC)C(C)(C)C)C3)cc2)S(C)(=O)=O)C[C@H]1C(=O)NCCc1ccccc1)C(C)(C)C. The lowest BCUT2D eigenvalue weighted by molar-refractivity contribution is -0.145. The van der Waals surface area contributed by atoms with Gasteiger partial charge in [-0.3, -0.25) is 38.4 Å². The third-order valence-electron chi connectivity index (χ3n) is 14.5.